The summed E-state index contributed by atoms with van der Waals surface area (Å²) in [4.78, 5) is 14.9. The third-order valence-electron chi connectivity index (χ3n) is 6.43. The number of nitrogens with one attached hydrogen (secondary N) is 1. The Morgan fingerprint density at radius 2 is 1.65 bits per heavy atom. The highest BCUT2D eigenvalue weighted by atomic mass is 16.2. The lowest BCUT2D eigenvalue weighted by atomic mass is 9.54. The minimum Gasteiger partial charge on any atom is -0.352 e. The molecule has 0 aromatic rings. The minimum absolute atomic E-state index is 0.246. The molecule has 132 valence electrons. The first-order chi connectivity index (χ1) is 11.2. The van der Waals surface area contributed by atoms with Gasteiger partial charge in [-0.05, 0) is 88.3 Å². The van der Waals surface area contributed by atoms with Crippen LogP contribution in [0.5, 0.6) is 0 Å². The average Bonchev–Trinajstić information content (AvgIpc) is 2.52. The minimum atomic E-state index is 0.246. The highest BCUT2D eigenvalue weighted by Gasteiger charge is 2.48. The van der Waals surface area contributed by atoms with Crippen LogP contribution in [0.3, 0.4) is 0 Å². The molecule has 0 aromatic heterocycles. The van der Waals surface area contributed by atoms with Crippen molar-refractivity contribution in [3.05, 3.63) is 0 Å². The van der Waals surface area contributed by atoms with Crippen molar-refractivity contribution in [2.45, 2.75) is 64.3 Å². The number of hydrogen-bond donors (Lipinski definition) is 2. The number of unbranched alkanes of at least 4 members (excludes halogenated alkanes) is 1. The lowest BCUT2D eigenvalue weighted by Crippen LogP contribution is -2.57. The summed E-state index contributed by atoms with van der Waals surface area (Å²) in [6.07, 6.45) is 10.3. The molecule has 4 bridgehead atoms. The maximum atomic E-state index is 12.6. The van der Waals surface area contributed by atoms with Crippen LogP contribution in [0.4, 0.5) is 0 Å². The smallest absolute Gasteiger partial charge is 0.234 e. The number of nitrogens with two attached hydrogens (primary N) is 1. The molecule has 1 amide bonds. The van der Waals surface area contributed by atoms with Crippen molar-refractivity contribution in [2.24, 2.45) is 29.4 Å². The molecule has 0 radical (unpaired) electrons. The van der Waals surface area contributed by atoms with Crippen molar-refractivity contribution in [1.82, 2.24) is 10.2 Å². The van der Waals surface area contributed by atoms with Crippen molar-refractivity contribution in [3.63, 3.8) is 0 Å². The zero-order valence-corrected chi connectivity index (χ0v) is 14.8. The largest absolute Gasteiger partial charge is 0.352 e. The molecule has 4 saturated carbocycles. The van der Waals surface area contributed by atoms with Gasteiger partial charge in [0.1, 0.15) is 0 Å². The Morgan fingerprint density at radius 3 is 2.22 bits per heavy atom. The van der Waals surface area contributed by atoms with Crippen LogP contribution >= 0.6 is 0 Å². The fourth-order valence-corrected chi connectivity index (χ4v) is 5.56. The van der Waals surface area contributed by atoms with Crippen LogP contribution in [0.15, 0.2) is 0 Å². The Balaban J connectivity index is 1.49. The zero-order chi connectivity index (χ0) is 16.2. The third-order valence-corrected chi connectivity index (χ3v) is 6.43. The summed E-state index contributed by atoms with van der Waals surface area (Å²) in [7, 11) is 0. The van der Waals surface area contributed by atoms with Crippen molar-refractivity contribution >= 4 is 5.91 Å². The van der Waals surface area contributed by atoms with Gasteiger partial charge in [0.15, 0.2) is 0 Å². The Bertz CT molecular complexity index is 362. The standard InChI is InChI=1S/C19H35N3O/c1-2-3-6-22(7-4-5-20)13-18(23)21-19-16-9-14-8-15(11-16)12-17(19)10-14/h14-17,19H,2-13,20H2,1H3,(H,21,23). The Kier molecular flexibility index (Phi) is 5.97. The Morgan fingerprint density at radius 1 is 1.04 bits per heavy atom. The predicted octanol–water partition coefficient (Wildman–Crippen LogP) is 2.38. The molecular formula is C19H35N3O. The molecule has 4 rings (SSSR count). The van der Waals surface area contributed by atoms with Gasteiger partial charge in [0.2, 0.25) is 5.91 Å². The van der Waals surface area contributed by atoms with Crippen LogP contribution in [-0.4, -0.2) is 43.0 Å². The molecule has 4 aliphatic carbocycles. The number of carbonyl (C=O) groups is 1. The topological polar surface area (TPSA) is 58.4 Å². The average molecular weight is 322 g/mol. The summed E-state index contributed by atoms with van der Waals surface area (Å²) in [5.41, 5.74) is 5.64. The second-order valence-electron chi connectivity index (χ2n) is 8.30. The van der Waals surface area contributed by atoms with Crippen LogP contribution in [0.25, 0.3) is 0 Å². The molecular weight excluding hydrogens is 286 g/mol. The molecule has 0 spiro atoms. The maximum Gasteiger partial charge on any atom is 0.234 e. The summed E-state index contributed by atoms with van der Waals surface area (Å²) in [5.74, 6) is 3.72. The van der Waals surface area contributed by atoms with E-state index in [0.29, 0.717) is 19.1 Å². The molecule has 0 atom stereocenters. The monoisotopic (exact) mass is 321 g/mol. The van der Waals surface area contributed by atoms with E-state index >= 15 is 0 Å². The van der Waals surface area contributed by atoms with Gasteiger partial charge in [-0.25, -0.2) is 0 Å². The molecule has 0 aliphatic heterocycles. The van der Waals surface area contributed by atoms with Gasteiger partial charge in [-0.3, -0.25) is 9.69 Å². The Labute approximate surface area is 141 Å². The summed E-state index contributed by atoms with van der Waals surface area (Å²) in [5, 5.41) is 3.43. The van der Waals surface area contributed by atoms with Gasteiger partial charge in [0.25, 0.3) is 0 Å². The van der Waals surface area contributed by atoms with Gasteiger partial charge in [-0.1, -0.05) is 13.3 Å². The van der Waals surface area contributed by atoms with E-state index in [4.69, 9.17) is 5.73 Å². The fraction of sp³-hybridized carbons (Fsp3) is 0.947. The van der Waals surface area contributed by atoms with E-state index < -0.39 is 0 Å². The SMILES string of the molecule is CCCCN(CCCN)CC(=O)NC1C2CC3CC(C2)CC1C3. The molecule has 4 fully saturated rings. The van der Waals surface area contributed by atoms with Gasteiger partial charge < -0.3 is 11.1 Å². The number of amides is 1. The molecule has 4 aliphatic rings. The molecule has 23 heavy (non-hydrogen) atoms. The number of rotatable bonds is 9. The van der Waals surface area contributed by atoms with Gasteiger partial charge in [0, 0.05) is 6.04 Å². The first-order valence-corrected chi connectivity index (χ1v) is 9.91. The van der Waals surface area contributed by atoms with Crippen molar-refractivity contribution in [3.8, 4) is 0 Å². The molecule has 3 N–H and O–H groups in total. The van der Waals surface area contributed by atoms with E-state index in [0.717, 1.165) is 49.6 Å². The lowest BCUT2D eigenvalue weighted by molar-refractivity contribution is -0.126. The van der Waals surface area contributed by atoms with Crippen LogP contribution in [0.1, 0.15) is 58.3 Å². The summed E-state index contributed by atoms with van der Waals surface area (Å²) in [6, 6.07) is 0.470. The first kappa shape index (κ1) is 17.2. The van der Waals surface area contributed by atoms with Gasteiger partial charge in [-0.15, -0.1) is 0 Å². The highest BCUT2D eigenvalue weighted by molar-refractivity contribution is 5.78. The van der Waals surface area contributed by atoms with Crippen molar-refractivity contribution in [1.29, 1.82) is 0 Å². The Hall–Kier alpha value is -0.610. The summed E-state index contributed by atoms with van der Waals surface area (Å²) >= 11 is 0. The second kappa shape index (κ2) is 7.98. The number of carbonyl (C=O) groups excluding carboxylic acids is 1. The van der Waals surface area contributed by atoms with Crippen LogP contribution < -0.4 is 11.1 Å². The molecule has 4 nitrogen and oxygen atoms in total. The molecule has 4 heteroatoms. The maximum absolute atomic E-state index is 12.6. The van der Waals surface area contributed by atoms with Crippen molar-refractivity contribution in [2.75, 3.05) is 26.2 Å². The van der Waals surface area contributed by atoms with E-state index in [-0.39, 0.29) is 5.91 Å². The van der Waals surface area contributed by atoms with E-state index in [1.807, 2.05) is 0 Å². The summed E-state index contributed by atoms with van der Waals surface area (Å²) in [6.45, 7) is 5.44. The predicted molar refractivity (Wildman–Crippen MR) is 94.0 cm³/mol. The summed E-state index contributed by atoms with van der Waals surface area (Å²) < 4.78 is 0. The van der Waals surface area contributed by atoms with Crippen molar-refractivity contribution < 1.29 is 4.79 Å². The molecule has 0 saturated heterocycles. The fourth-order valence-electron chi connectivity index (χ4n) is 5.56. The van der Waals surface area contributed by atoms with E-state index in [1.54, 1.807) is 0 Å². The third kappa shape index (κ3) is 4.27. The van der Waals surface area contributed by atoms with Gasteiger partial charge in [0.05, 0.1) is 6.54 Å². The van der Waals surface area contributed by atoms with E-state index in [9.17, 15) is 4.79 Å². The quantitative estimate of drug-likeness (QED) is 0.685. The van der Waals surface area contributed by atoms with Gasteiger partial charge in [-0.2, -0.15) is 0 Å². The normalized spacial score (nSPS) is 35.0. The highest BCUT2D eigenvalue weighted by Crippen LogP contribution is 2.53. The lowest BCUT2D eigenvalue weighted by Gasteiger charge is -2.54. The zero-order valence-electron chi connectivity index (χ0n) is 14.8. The number of hydrogen-bond acceptors (Lipinski definition) is 3. The second-order valence-corrected chi connectivity index (χ2v) is 8.30. The van der Waals surface area contributed by atoms with E-state index in [1.165, 1.54) is 38.5 Å². The molecule has 0 unspecified atom stereocenters. The first-order valence-electron chi connectivity index (χ1n) is 9.91. The van der Waals surface area contributed by atoms with Crippen LogP contribution in [-0.2, 0) is 4.79 Å². The van der Waals surface area contributed by atoms with Crippen LogP contribution in [0, 0.1) is 23.7 Å². The van der Waals surface area contributed by atoms with Crippen LogP contribution in [0.2, 0.25) is 0 Å². The number of nitrogens with zero attached hydrogens (tertiary/aromatic N) is 1. The van der Waals surface area contributed by atoms with E-state index in [2.05, 4.69) is 17.1 Å². The molecule has 0 heterocycles. The molecule has 0 aromatic carbocycles. The van der Waals surface area contributed by atoms with Gasteiger partial charge >= 0.3 is 0 Å².